The fraction of sp³-hybridized carbons (Fsp3) is 0.364. The van der Waals surface area contributed by atoms with Gasteiger partial charge in [0.15, 0.2) is 11.5 Å². The molecule has 1 aromatic heterocycles. The molecule has 0 spiro atoms. The van der Waals surface area contributed by atoms with E-state index >= 15 is 0 Å². The van der Waals surface area contributed by atoms with Crippen LogP contribution in [0.25, 0.3) is 10.2 Å². The topological polar surface area (TPSA) is 63.7 Å². The van der Waals surface area contributed by atoms with E-state index in [1.165, 1.54) is 0 Å². The summed E-state index contributed by atoms with van der Waals surface area (Å²) < 4.78 is 12.4. The number of carbonyl (C=O) groups is 1. The molecule has 1 fully saturated rings. The van der Waals surface area contributed by atoms with E-state index in [0.29, 0.717) is 25.3 Å². The van der Waals surface area contributed by atoms with E-state index < -0.39 is 0 Å². The summed E-state index contributed by atoms with van der Waals surface area (Å²) in [6.07, 6.45) is 2.01. The molecule has 1 saturated heterocycles. The molecule has 0 saturated carbocycles. The standard InChI is InChI=1S/C22H23N3O3S/c1-14-23-18-11-15(4-7-21(18)29-14)22(26)25-8-2-3-17(13-25)24-16-5-6-19-20(12-16)28-10-9-27-19/h4-7,11-12,17,24H,2-3,8-10,13H2,1H3/t17-/m1/s1. The van der Waals surface area contributed by atoms with Gasteiger partial charge in [-0.2, -0.15) is 0 Å². The molecule has 2 aliphatic rings. The highest BCUT2D eigenvalue weighted by atomic mass is 32.1. The Kier molecular flexibility index (Phi) is 4.75. The number of benzene rings is 2. The van der Waals surface area contributed by atoms with Crippen LogP contribution in [0.3, 0.4) is 0 Å². The summed E-state index contributed by atoms with van der Waals surface area (Å²) in [5, 5.41) is 4.58. The van der Waals surface area contributed by atoms with Crippen molar-refractivity contribution in [2.45, 2.75) is 25.8 Å². The predicted molar refractivity (Wildman–Crippen MR) is 114 cm³/mol. The number of ether oxygens (including phenoxy) is 2. The number of nitrogens with one attached hydrogen (secondary N) is 1. The minimum atomic E-state index is 0.0752. The first kappa shape index (κ1) is 18.2. The van der Waals surface area contributed by atoms with Crippen molar-refractivity contribution in [3.05, 3.63) is 47.0 Å². The van der Waals surface area contributed by atoms with Crippen molar-refractivity contribution in [2.75, 3.05) is 31.6 Å². The van der Waals surface area contributed by atoms with Gasteiger partial charge in [-0.3, -0.25) is 4.79 Å². The Bertz CT molecular complexity index is 1060. The van der Waals surface area contributed by atoms with Crippen LogP contribution in [-0.2, 0) is 0 Å². The molecule has 5 rings (SSSR count). The number of piperidine rings is 1. The highest BCUT2D eigenvalue weighted by molar-refractivity contribution is 7.18. The predicted octanol–water partition coefficient (Wildman–Crippen LogP) is 4.09. The van der Waals surface area contributed by atoms with Gasteiger partial charge in [-0.1, -0.05) is 0 Å². The summed E-state index contributed by atoms with van der Waals surface area (Å²) in [5.41, 5.74) is 2.61. The minimum Gasteiger partial charge on any atom is -0.486 e. The van der Waals surface area contributed by atoms with Crippen LogP contribution >= 0.6 is 11.3 Å². The fourth-order valence-corrected chi connectivity index (χ4v) is 4.81. The van der Waals surface area contributed by atoms with E-state index in [1.54, 1.807) is 11.3 Å². The number of thiazole rings is 1. The number of amides is 1. The van der Waals surface area contributed by atoms with Crippen molar-refractivity contribution in [1.82, 2.24) is 9.88 Å². The lowest BCUT2D eigenvalue weighted by molar-refractivity contribution is 0.0715. The van der Waals surface area contributed by atoms with E-state index in [-0.39, 0.29) is 11.9 Å². The number of likely N-dealkylation sites (tertiary alicyclic amines) is 1. The molecule has 7 heteroatoms. The Hall–Kier alpha value is -2.80. The first-order valence-electron chi connectivity index (χ1n) is 9.98. The Morgan fingerprint density at radius 2 is 2.03 bits per heavy atom. The van der Waals surface area contributed by atoms with E-state index in [1.807, 2.05) is 48.2 Å². The smallest absolute Gasteiger partial charge is 0.254 e. The summed E-state index contributed by atoms with van der Waals surface area (Å²) in [5.74, 6) is 1.64. The Morgan fingerprint density at radius 1 is 1.17 bits per heavy atom. The van der Waals surface area contributed by atoms with Gasteiger partial charge in [-0.05, 0) is 50.1 Å². The van der Waals surface area contributed by atoms with Crippen molar-refractivity contribution < 1.29 is 14.3 Å². The quantitative estimate of drug-likeness (QED) is 0.706. The summed E-state index contributed by atoms with van der Waals surface area (Å²) in [6.45, 7) is 4.62. The maximum absolute atomic E-state index is 13.1. The average Bonchev–Trinajstić information content (AvgIpc) is 3.12. The third kappa shape index (κ3) is 3.74. The number of carbonyl (C=O) groups excluding carboxylic acids is 1. The molecule has 3 aromatic rings. The van der Waals surface area contributed by atoms with Crippen LogP contribution in [0, 0.1) is 6.92 Å². The third-order valence-electron chi connectivity index (χ3n) is 5.36. The highest BCUT2D eigenvalue weighted by Gasteiger charge is 2.25. The van der Waals surface area contributed by atoms with Gasteiger partial charge in [-0.25, -0.2) is 4.98 Å². The third-order valence-corrected chi connectivity index (χ3v) is 6.31. The second-order valence-corrected chi connectivity index (χ2v) is 8.74. The highest BCUT2D eigenvalue weighted by Crippen LogP contribution is 2.33. The van der Waals surface area contributed by atoms with Gasteiger partial charge in [0, 0.05) is 36.4 Å². The molecule has 2 aromatic carbocycles. The van der Waals surface area contributed by atoms with Crippen LogP contribution < -0.4 is 14.8 Å². The van der Waals surface area contributed by atoms with Gasteiger partial charge < -0.3 is 19.7 Å². The summed E-state index contributed by atoms with van der Waals surface area (Å²) in [6, 6.07) is 12.0. The lowest BCUT2D eigenvalue weighted by Crippen LogP contribution is -2.45. The second-order valence-electron chi connectivity index (χ2n) is 7.51. The van der Waals surface area contributed by atoms with E-state index in [2.05, 4.69) is 10.3 Å². The Labute approximate surface area is 173 Å². The van der Waals surface area contributed by atoms with Gasteiger partial charge in [0.1, 0.15) is 13.2 Å². The summed E-state index contributed by atoms with van der Waals surface area (Å²) in [7, 11) is 0. The molecule has 0 unspecified atom stereocenters. The molecule has 6 nitrogen and oxygen atoms in total. The number of fused-ring (bicyclic) bond motifs is 2. The number of aromatic nitrogens is 1. The molecule has 0 radical (unpaired) electrons. The number of hydrogen-bond acceptors (Lipinski definition) is 6. The molecule has 0 aliphatic carbocycles. The van der Waals surface area contributed by atoms with E-state index in [9.17, 15) is 4.79 Å². The number of hydrogen-bond donors (Lipinski definition) is 1. The molecular weight excluding hydrogens is 386 g/mol. The van der Waals surface area contributed by atoms with Crippen molar-refractivity contribution in [3.8, 4) is 11.5 Å². The van der Waals surface area contributed by atoms with E-state index in [0.717, 1.165) is 51.8 Å². The first-order chi connectivity index (χ1) is 14.2. The zero-order chi connectivity index (χ0) is 19.8. The molecular formula is C22H23N3O3S. The van der Waals surface area contributed by atoms with Gasteiger partial charge in [0.05, 0.1) is 15.2 Å². The Morgan fingerprint density at radius 3 is 2.93 bits per heavy atom. The molecule has 1 atom stereocenters. The SMILES string of the molecule is Cc1nc2cc(C(=O)N3CCC[C@@H](Nc4ccc5c(c4)OCCO5)C3)ccc2s1. The minimum absolute atomic E-state index is 0.0752. The van der Waals surface area contributed by atoms with Crippen molar-refractivity contribution >= 4 is 33.1 Å². The zero-order valence-electron chi connectivity index (χ0n) is 16.3. The van der Waals surface area contributed by atoms with Gasteiger partial charge >= 0.3 is 0 Å². The normalized spacial score (nSPS) is 18.7. The molecule has 0 bridgehead atoms. The number of rotatable bonds is 3. The summed E-state index contributed by atoms with van der Waals surface area (Å²) >= 11 is 1.65. The van der Waals surface area contributed by atoms with Crippen LogP contribution in [0.15, 0.2) is 36.4 Å². The molecule has 3 heterocycles. The fourth-order valence-electron chi connectivity index (χ4n) is 4.01. The van der Waals surface area contributed by atoms with Crippen LogP contribution in [0.4, 0.5) is 5.69 Å². The van der Waals surface area contributed by atoms with Crippen molar-refractivity contribution in [2.24, 2.45) is 0 Å². The lowest BCUT2D eigenvalue weighted by atomic mass is 10.0. The lowest BCUT2D eigenvalue weighted by Gasteiger charge is -2.34. The number of aryl methyl sites for hydroxylation is 1. The van der Waals surface area contributed by atoms with Gasteiger partial charge in [0.25, 0.3) is 5.91 Å². The summed E-state index contributed by atoms with van der Waals surface area (Å²) in [4.78, 5) is 19.5. The molecule has 1 N–H and O–H groups in total. The number of anilines is 1. The van der Waals surface area contributed by atoms with Crippen molar-refractivity contribution in [3.63, 3.8) is 0 Å². The second kappa shape index (κ2) is 7.55. The number of nitrogens with zero attached hydrogens (tertiary/aromatic N) is 2. The van der Waals surface area contributed by atoms with Gasteiger partial charge in [0.2, 0.25) is 0 Å². The first-order valence-corrected chi connectivity index (χ1v) is 10.8. The largest absolute Gasteiger partial charge is 0.486 e. The molecule has 29 heavy (non-hydrogen) atoms. The molecule has 2 aliphatic heterocycles. The van der Waals surface area contributed by atoms with E-state index in [4.69, 9.17) is 9.47 Å². The van der Waals surface area contributed by atoms with Crippen LogP contribution in [0.2, 0.25) is 0 Å². The van der Waals surface area contributed by atoms with Crippen LogP contribution in [0.5, 0.6) is 11.5 Å². The maximum Gasteiger partial charge on any atom is 0.254 e. The van der Waals surface area contributed by atoms with Crippen molar-refractivity contribution in [1.29, 1.82) is 0 Å². The maximum atomic E-state index is 13.1. The van der Waals surface area contributed by atoms with Gasteiger partial charge in [-0.15, -0.1) is 11.3 Å². The average molecular weight is 410 g/mol. The monoisotopic (exact) mass is 409 g/mol. The molecule has 150 valence electrons. The molecule has 1 amide bonds. The van der Waals surface area contributed by atoms with Crippen LogP contribution in [0.1, 0.15) is 28.2 Å². The van der Waals surface area contributed by atoms with Crippen LogP contribution in [-0.4, -0.2) is 48.1 Å². The zero-order valence-corrected chi connectivity index (χ0v) is 17.1. The Balaban J connectivity index is 1.29.